The fourth-order valence-corrected chi connectivity index (χ4v) is 2.25. The predicted molar refractivity (Wildman–Crippen MR) is 100 cm³/mol. The highest BCUT2D eigenvalue weighted by molar-refractivity contribution is 5.93. The van der Waals surface area contributed by atoms with Crippen molar-refractivity contribution in [3.05, 3.63) is 42.4 Å². The van der Waals surface area contributed by atoms with Crippen molar-refractivity contribution in [2.45, 2.75) is 13.8 Å². The Balaban J connectivity index is 1.84. The molecular weight excluding hydrogens is 344 g/mol. The Morgan fingerprint density at radius 3 is 2.85 bits per heavy atom. The standard InChI is InChI=1S/C19H18N6O2/c1-19(2,10-20)11-27-16-6-4-12(7-22-16)14-9-24-18-17(25-14)13(8-23-18)3-5-15(21)26/h3-9H,11H2,1-2H3,(H2,21,26)(H,23,24)/b5-3+. The minimum absolute atomic E-state index is 0.251. The number of amides is 1. The van der Waals surface area contributed by atoms with Crippen LogP contribution in [-0.2, 0) is 4.79 Å². The molecule has 0 aliphatic carbocycles. The van der Waals surface area contributed by atoms with Crippen molar-refractivity contribution in [1.82, 2.24) is 19.9 Å². The van der Waals surface area contributed by atoms with E-state index < -0.39 is 11.3 Å². The molecule has 3 aromatic rings. The van der Waals surface area contributed by atoms with Gasteiger partial charge in [0.15, 0.2) is 5.65 Å². The minimum atomic E-state index is -0.583. The average Bonchev–Trinajstić information content (AvgIpc) is 3.07. The van der Waals surface area contributed by atoms with Crippen molar-refractivity contribution in [2.75, 3.05) is 6.61 Å². The summed E-state index contributed by atoms with van der Waals surface area (Å²) in [6, 6.07) is 5.72. The van der Waals surface area contributed by atoms with Gasteiger partial charge >= 0.3 is 0 Å². The quantitative estimate of drug-likeness (QED) is 0.648. The second kappa shape index (κ2) is 7.25. The van der Waals surface area contributed by atoms with E-state index in [9.17, 15) is 4.79 Å². The highest BCUT2D eigenvalue weighted by Crippen LogP contribution is 2.23. The molecule has 27 heavy (non-hydrogen) atoms. The molecule has 8 heteroatoms. The number of pyridine rings is 1. The van der Waals surface area contributed by atoms with E-state index in [1.165, 1.54) is 6.08 Å². The Hall–Kier alpha value is -3.73. The monoisotopic (exact) mass is 362 g/mol. The van der Waals surface area contributed by atoms with Gasteiger partial charge in [-0.1, -0.05) is 0 Å². The first-order valence-electron chi connectivity index (χ1n) is 8.20. The average molecular weight is 362 g/mol. The first kappa shape index (κ1) is 18.1. The molecule has 0 saturated heterocycles. The molecule has 1 amide bonds. The van der Waals surface area contributed by atoms with E-state index in [4.69, 9.17) is 15.7 Å². The van der Waals surface area contributed by atoms with Gasteiger partial charge in [-0.15, -0.1) is 0 Å². The number of hydrogen-bond acceptors (Lipinski definition) is 6. The summed E-state index contributed by atoms with van der Waals surface area (Å²) in [5, 5.41) is 9.03. The maximum absolute atomic E-state index is 10.9. The molecule has 0 radical (unpaired) electrons. The third-order valence-electron chi connectivity index (χ3n) is 3.75. The Morgan fingerprint density at radius 1 is 1.37 bits per heavy atom. The van der Waals surface area contributed by atoms with Gasteiger partial charge in [-0.3, -0.25) is 4.79 Å². The van der Waals surface area contributed by atoms with Crippen LogP contribution in [0.1, 0.15) is 19.4 Å². The molecule has 0 spiro atoms. The van der Waals surface area contributed by atoms with Gasteiger partial charge in [0, 0.05) is 35.7 Å². The number of rotatable bonds is 6. The summed E-state index contributed by atoms with van der Waals surface area (Å²) in [6.07, 6.45) is 7.84. The number of H-pyrrole nitrogens is 1. The lowest BCUT2D eigenvalue weighted by molar-refractivity contribution is -0.113. The van der Waals surface area contributed by atoms with Crippen molar-refractivity contribution in [3.63, 3.8) is 0 Å². The molecule has 0 unspecified atom stereocenters. The van der Waals surface area contributed by atoms with E-state index in [0.717, 1.165) is 5.56 Å². The van der Waals surface area contributed by atoms with Crippen LogP contribution in [0.15, 0.2) is 36.8 Å². The van der Waals surface area contributed by atoms with Crippen LogP contribution in [0.2, 0.25) is 0 Å². The third kappa shape index (κ3) is 4.27. The molecule has 0 aromatic carbocycles. The third-order valence-corrected chi connectivity index (χ3v) is 3.75. The van der Waals surface area contributed by atoms with Gasteiger partial charge in [-0.25, -0.2) is 15.0 Å². The zero-order valence-corrected chi connectivity index (χ0v) is 14.9. The number of carbonyl (C=O) groups is 1. The molecule has 0 fully saturated rings. The number of primary amides is 1. The molecule has 0 aliphatic rings. The zero-order valence-electron chi connectivity index (χ0n) is 14.9. The van der Waals surface area contributed by atoms with Crippen LogP contribution in [0.4, 0.5) is 0 Å². The molecule has 3 aromatic heterocycles. The van der Waals surface area contributed by atoms with Crippen LogP contribution < -0.4 is 10.5 Å². The van der Waals surface area contributed by atoms with Gasteiger partial charge in [0.1, 0.15) is 12.1 Å². The first-order chi connectivity index (χ1) is 12.9. The Labute approximate surface area is 155 Å². The Kier molecular flexibility index (Phi) is 4.86. The Morgan fingerprint density at radius 2 is 2.19 bits per heavy atom. The van der Waals surface area contributed by atoms with Gasteiger partial charge in [-0.2, -0.15) is 5.26 Å². The topological polar surface area (TPSA) is 131 Å². The van der Waals surface area contributed by atoms with E-state index in [1.807, 2.05) is 6.07 Å². The molecule has 3 rings (SSSR count). The lowest BCUT2D eigenvalue weighted by Gasteiger charge is -2.15. The number of nitrogens with two attached hydrogens (primary N) is 1. The van der Waals surface area contributed by atoms with Crippen LogP contribution >= 0.6 is 0 Å². The van der Waals surface area contributed by atoms with Crippen LogP contribution in [-0.4, -0.2) is 32.4 Å². The van der Waals surface area contributed by atoms with E-state index in [-0.39, 0.29) is 6.61 Å². The van der Waals surface area contributed by atoms with Gasteiger partial charge in [0.2, 0.25) is 11.8 Å². The fourth-order valence-electron chi connectivity index (χ4n) is 2.25. The van der Waals surface area contributed by atoms with Crippen LogP contribution in [0.3, 0.4) is 0 Å². The van der Waals surface area contributed by atoms with Gasteiger partial charge in [0.25, 0.3) is 0 Å². The van der Waals surface area contributed by atoms with Crippen LogP contribution in [0.5, 0.6) is 5.88 Å². The van der Waals surface area contributed by atoms with Crippen molar-refractivity contribution >= 4 is 23.1 Å². The SMILES string of the molecule is CC(C)(C#N)COc1ccc(-c2cnc3[nH]cc(/C=C/C(N)=O)c3n2)cn1. The number of aromatic nitrogens is 4. The van der Waals surface area contributed by atoms with Gasteiger partial charge in [0.05, 0.1) is 23.4 Å². The number of nitrogens with one attached hydrogen (secondary N) is 1. The zero-order chi connectivity index (χ0) is 19.4. The Bertz CT molecular complexity index is 1040. The number of fused-ring (bicyclic) bond motifs is 1. The number of aromatic amines is 1. The smallest absolute Gasteiger partial charge is 0.241 e. The minimum Gasteiger partial charge on any atom is -0.476 e. The number of hydrogen-bond donors (Lipinski definition) is 2. The van der Waals surface area contributed by atoms with E-state index >= 15 is 0 Å². The van der Waals surface area contributed by atoms with Crippen molar-refractivity contribution in [3.8, 4) is 23.2 Å². The molecular formula is C19H18N6O2. The molecule has 0 bridgehead atoms. The second-order valence-electron chi connectivity index (χ2n) is 6.60. The second-order valence-corrected chi connectivity index (χ2v) is 6.60. The van der Waals surface area contributed by atoms with Crippen molar-refractivity contribution in [2.24, 2.45) is 11.1 Å². The van der Waals surface area contributed by atoms with Gasteiger partial charge < -0.3 is 15.5 Å². The summed E-state index contributed by atoms with van der Waals surface area (Å²) in [6.45, 7) is 3.85. The van der Waals surface area contributed by atoms with Crippen LogP contribution in [0.25, 0.3) is 28.5 Å². The number of carbonyl (C=O) groups excluding carboxylic acids is 1. The van der Waals surface area contributed by atoms with E-state index in [2.05, 4.69) is 26.0 Å². The molecule has 0 aliphatic heterocycles. The summed E-state index contributed by atoms with van der Waals surface area (Å²) in [5.41, 5.74) is 7.90. The molecule has 8 nitrogen and oxygen atoms in total. The summed E-state index contributed by atoms with van der Waals surface area (Å²) < 4.78 is 5.56. The summed E-state index contributed by atoms with van der Waals surface area (Å²) >= 11 is 0. The predicted octanol–water partition coefficient (Wildman–Crippen LogP) is 2.45. The lowest BCUT2D eigenvalue weighted by Crippen LogP contribution is -2.19. The van der Waals surface area contributed by atoms with Gasteiger partial charge in [-0.05, 0) is 26.0 Å². The van der Waals surface area contributed by atoms with E-state index in [0.29, 0.717) is 28.3 Å². The maximum Gasteiger partial charge on any atom is 0.241 e. The molecule has 3 heterocycles. The fraction of sp³-hybridized carbons (Fsp3) is 0.211. The largest absolute Gasteiger partial charge is 0.476 e. The van der Waals surface area contributed by atoms with Crippen molar-refractivity contribution < 1.29 is 9.53 Å². The summed E-state index contributed by atoms with van der Waals surface area (Å²) in [4.78, 5) is 27.1. The van der Waals surface area contributed by atoms with Crippen molar-refractivity contribution in [1.29, 1.82) is 5.26 Å². The molecule has 136 valence electrons. The van der Waals surface area contributed by atoms with E-state index in [1.54, 1.807) is 44.6 Å². The molecule has 3 N–H and O–H groups in total. The lowest BCUT2D eigenvalue weighted by atomic mass is 9.98. The number of ether oxygens (including phenoxy) is 1. The maximum atomic E-state index is 10.9. The summed E-state index contributed by atoms with van der Waals surface area (Å²) in [7, 11) is 0. The van der Waals surface area contributed by atoms with Crippen LogP contribution in [0, 0.1) is 16.7 Å². The first-order valence-corrected chi connectivity index (χ1v) is 8.20. The number of nitriles is 1. The highest BCUT2D eigenvalue weighted by Gasteiger charge is 2.18. The molecule has 0 atom stereocenters. The highest BCUT2D eigenvalue weighted by atomic mass is 16.5. The number of nitrogens with zero attached hydrogens (tertiary/aromatic N) is 4. The summed E-state index contributed by atoms with van der Waals surface area (Å²) in [5.74, 6) is -0.101. The normalized spacial score (nSPS) is 11.6. The molecule has 0 saturated carbocycles.